The summed E-state index contributed by atoms with van der Waals surface area (Å²) in [5.41, 5.74) is 2.06. The molecular weight excluding hydrogens is 346 g/mol. The molecule has 2 heterocycles. The fraction of sp³-hybridized carbons (Fsp3) is 0.111. The summed E-state index contributed by atoms with van der Waals surface area (Å²) in [6.07, 6.45) is 1.30. The van der Waals surface area contributed by atoms with Gasteiger partial charge >= 0.3 is 5.69 Å². The van der Waals surface area contributed by atoms with Gasteiger partial charge in [-0.2, -0.15) is 4.68 Å². The van der Waals surface area contributed by atoms with Gasteiger partial charge in [-0.05, 0) is 17.7 Å². The minimum atomic E-state index is -0.484. The van der Waals surface area contributed by atoms with Crippen LogP contribution in [0, 0.1) is 10.1 Å². The van der Waals surface area contributed by atoms with Crippen molar-refractivity contribution >= 4 is 22.5 Å². The molecule has 0 bridgehead atoms. The highest BCUT2D eigenvalue weighted by atomic mass is 16.6. The zero-order chi connectivity index (χ0) is 18.8. The first-order valence-corrected chi connectivity index (χ1v) is 8.20. The maximum Gasteiger partial charge on any atom is 0.355 e. The number of benzene rings is 2. The van der Waals surface area contributed by atoms with E-state index in [0.29, 0.717) is 17.6 Å². The molecule has 0 atom stereocenters. The standard InChI is InChI=1S/C18H15N7O2/c1-23(11-13-7-3-2-4-8-13)17-16(25(26)27)18(20-12-19-17)24-15-10-6-5-9-14(15)21-22-24/h2-10,12H,11H2,1H3. The molecule has 134 valence electrons. The first-order valence-electron chi connectivity index (χ1n) is 8.20. The van der Waals surface area contributed by atoms with Gasteiger partial charge in [-0.25, -0.2) is 9.97 Å². The van der Waals surface area contributed by atoms with Crippen LogP contribution in [0.2, 0.25) is 0 Å². The highest BCUT2D eigenvalue weighted by Gasteiger charge is 2.28. The number of anilines is 1. The van der Waals surface area contributed by atoms with Crippen LogP contribution in [-0.4, -0.2) is 36.9 Å². The molecule has 0 amide bonds. The van der Waals surface area contributed by atoms with Crippen molar-refractivity contribution in [1.82, 2.24) is 25.0 Å². The van der Waals surface area contributed by atoms with E-state index in [1.54, 1.807) is 24.1 Å². The molecule has 0 N–H and O–H groups in total. The molecule has 0 radical (unpaired) electrons. The second-order valence-electron chi connectivity index (χ2n) is 5.96. The minimum Gasteiger partial charge on any atom is -0.349 e. The van der Waals surface area contributed by atoms with Crippen LogP contribution >= 0.6 is 0 Å². The molecule has 0 fully saturated rings. The predicted molar refractivity (Wildman–Crippen MR) is 99.7 cm³/mol. The second-order valence-corrected chi connectivity index (χ2v) is 5.96. The summed E-state index contributed by atoms with van der Waals surface area (Å²) in [7, 11) is 1.76. The van der Waals surface area contributed by atoms with E-state index in [-0.39, 0.29) is 17.3 Å². The normalized spacial score (nSPS) is 10.9. The van der Waals surface area contributed by atoms with Gasteiger partial charge in [0, 0.05) is 13.6 Å². The Balaban J connectivity index is 1.82. The van der Waals surface area contributed by atoms with E-state index in [0.717, 1.165) is 5.56 Å². The van der Waals surface area contributed by atoms with Crippen molar-refractivity contribution in [3.8, 4) is 5.82 Å². The van der Waals surface area contributed by atoms with Crippen LogP contribution in [0.15, 0.2) is 60.9 Å². The summed E-state index contributed by atoms with van der Waals surface area (Å²) < 4.78 is 1.37. The number of para-hydroxylation sites is 1. The van der Waals surface area contributed by atoms with Crippen molar-refractivity contribution in [2.45, 2.75) is 6.54 Å². The molecular formula is C18H15N7O2. The van der Waals surface area contributed by atoms with E-state index in [1.807, 2.05) is 42.5 Å². The molecule has 27 heavy (non-hydrogen) atoms. The monoisotopic (exact) mass is 361 g/mol. The molecule has 9 nitrogen and oxygen atoms in total. The molecule has 0 spiro atoms. The number of hydrogen-bond donors (Lipinski definition) is 0. The third kappa shape index (κ3) is 3.06. The van der Waals surface area contributed by atoms with Crippen molar-refractivity contribution in [1.29, 1.82) is 0 Å². The van der Waals surface area contributed by atoms with Gasteiger partial charge in [0.05, 0.1) is 10.4 Å². The van der Waals surface area contributed by atoms with Crippen LogP contribution in [0.1, 0.15) is 5.56 Å². The summed E-state index contributed by atoms with van der Waals surface area (Å²) in [6, 6.07) is 16.9. The Hall–Kier alpha value is -3.88. The van der Waals surface area contributed by atoms with Crippen LogP contribution in [0.25, 0.3) is 16.9 Å². The maximum atomic E-state index is 11.9. The van der Waals surface area contributed by atoms with Crippen LogP contribution in [0.4, 0.5) is 11.5 Å². The van der Waals surface area contributed by atoms with Crippen molar-refractivity contribution in [3.63, 3.8) is 0 Å². The van der Waals surface area contributed by atoms with Crippen molar-refractivity contribution in [2.75, 3.05) is 11.9 Å². The van der Waals surface area contributed by atoms with Crippen molar-refractivity contribution in [2.24, 2.45) is 0 Å². The minimum absolute atomic E-state index is 0.0820. The van der Waals surface area contributed by atoms with Gasteiger partial charge in [0.2, 0.25) is 11.6 Å². The third-order valence-corrected chi connectivity index (χ3v) is 4.14. The molecule has 0 aliphatic heterocycles. The number of hydrogen-bond acceptors (Lipinski definition) is 7. The van der Waals surface area contributed by atoms with Gasteiger partial charge < -0.3 is 4.90 Å². The Bertz CT molecular complexity index is 1110. The fourth-order valence-electron chi connectivity index (χ4n) is 2.92. The average Bonchev–Trinajstić information content (AvgIpc) is 3.12. The van der Waals surface area contributed by atoms with Crippen molar-refractivity contribution in [3.05, 3.63) is 76.6 Å². The van der Waals surface area contributed by atoms with E-state index in [2.05, 4.69) is 20.3 Å². The Morgan fingerprint density at radius 1 is 1.07 bits per heavy atom. The number of rotatable bonds is 5. The summed E-state index contributed by atoms with van der Waals surface area (Å²) in [6.45, 7) is 0.468. The van der Waals surface area contributed by atoms with Crippen LogP contribution < -0.4 is 4.90 Å². The molecule has 0 aliphatic carbocycles. The summed E-state index contributed by atoms with van der Waals surface area (Å²) >= 11 is 0. The van der Waals surface area contributed by atoms with Crippen molar-refractivity contribution < 1.29 is 4.92 Å². The number of fused-ring (bicyclic) bond motifs is 1. The molecule has 2 aromatic carbocycles. The van der Waals surface area contributed by atoms with E-state index in [9.17, 15) is 10.1 Å². The SMILES string of the molecule is CN(Cc1ccccc1)c1ncnc(-n2nnc3ccccc32)c1[N+](=O)[O-]. The first kappa shape index (κ1) is 16.6. The van der Waals surface area contributed by atoms with Gasteiger partial charge in [-0.3, -0.25) is 10.1 Å². The lowest BCUT2D eigenvalue weighted by Crippen LogP contribution is -2.20. The molecule has 4 rings (SSSR count). The molecule has 4 aromatic rings. The Labute approximate surface area is 154 Å². The zero-order valence-corrected chi connectivity index (χ0v) is 14.4. The number of aromatic nitrogens is 5. The van der Waals surface area contributed by atoms with Gasteiger partial charge in [0.1, 0.15) is 11.8 Å². The largest absolute Gasteiger partial charge is 0.355 e. The zero-order valence-electron chi connectivity index (χ0n) is 14.4. The Morgan fingerprint density at radius 2 is 1.81 bits per heavy atom. The average molecular weight is 361 g/mol. The lowest BCUT2D eigenvalue weighted by molar-refractivity contribution is -0.384. The first-order chi connectivity index (χ1) is 13.1. The molecule has 0 saturated carbocycles. The number of nitrogens with zero attached hydrogens (tertiary/aromatic N) is 7. The highest BCUT2D eigenvalue weighted by molar-refractivity contribution is 5.77. The van der Waals surface area contributed by atoms with E-state index < -0.39 is 4.92 Å². The predicted octanol–water partition coefficient (Wildman–Crippen LogP) is 2.76. The van der Waals surface area contributed by atoms with Crippen LogP contribution in [-0.2, 0) is 6.54 Å². The van der Waals surface area contributed by atoms with Gasteiger partial charge in [0.25, 0.3) is 0 Å². The second kappa shape index (κ2) is 6.79. The Morgan fingerprint density at radius 3 is 2.59 bits per heavy atom. The lowest BCUT2D eigenvalue weighted by atomic mass is 10.2. The lowest BCUT2D eigenvalue weighted by Gasteiger charge is -2.18. The maximum absolute atomic E-state index is 11.9. The molecule has 9 heteroatoms. The van der Waals surface area contributed by atoms with Gasteiger partial charge in [-0.15, -0.1) is 5.10 Å². The Kier molecular flexibility index (Phi) is 4.17. The number of nitro groups is 1. The third-order valence-electron chi connectivity index (χ3n) is 4.14. The topological polar surface area (TPSA) is 103 Å². The molecule has 2 aromatic heterocycles. The smallest absolute Gasteiger partial charge is 0.349 e. The van der Waals surface area contributed by atoms with Crippen LogP contribution in [0.5, 0.6) is 0 Å². The summed E-state index contributed by atoms with van der Waals surface area (Å²) in [4.78, 5) is 21.4. The molecule has 0 unspecified atom stereocenters. The fourth-order valence-corrected chi connectivity index (χ4v) is 2.92. The van der Waals surface area contributed by atoms with E-state index in [1.165, 1.54) is 11.0 Å². The summed E-state index contributed by atoms with van der Waals surface area (Å²) in [5, 5.41) is 20.0. The van der Waals surface area contributed by atoms with E-state index >= 15 is 0 Å². The summed E-state index contributed by atoms with van der Waals surface area (Å²) in [5.74, 6) is 0.298. The quantitative estimate of drug-likeness (QED) is 0.398. The van der Waals surface area contributed by atoms with Crippen LogP contribution in [0.3, 0.4) is 0 Å². The van der Waals surface area contributed by atoms with E-state index in [4.69, 9.17) is 0 Å². The molecule has 0 saturated heterocycles. The highest BCUT2D eigenvalue weighted by Crippen LogP contribution is 2.31. The molecule has 0 aliphatic rings. The van der Waals surface area contributed by atoms with Gasteiger partial charge in [-0.1, -0.05) is 47.7 Å². The van der Waals surface area contributed by atoms with Gasteiger partial charge in [0.15, 0.2) is 0 Å².